The predicted molar refractivity (Wildman–Crippen MR) is 98.6 cm³/mol. The van der Waals surface area contributed by atoms with Crippen molar-refractivity contribution in [3.63, 3.8) is 0 Å². The molecule has 1 N–H and O–H groups in total. The molecule has 2 aromatic carbocycles. The molecule has 0 unspecified atom stereocenters. The highest BCUT2D eigenvalue weighted by molar-refractivity contribution is 5.68. The van der Waals surface area contributed by atoms with E-state index in [2.05, 4.69) is 32.3 Å². The van der Waals surface area contributed by atoms with Gasteiger partial charge in [0.2, 0.25) is 5.95 Å². The summed E-state index contributed by atoms with van der Waals surface area (Å²) in [5.74, 6) is 1.12. The number of nitrogens with one attached hydrogen (secondary N) is 1. The Kier molecular flexibility index (Phi) is 4.22. The molecule has 0 radical (unpaired) electrons. The predicted octanol–water partition coefficient (Wildman–Crippen LogP) is 5.24. The van der Waals surface area contributed by atoms with Gasteiger partial charge >= 0.3 is 6.18 Å². The Labute approximate surface area is 154 Å². The van der Waals surface area contributed by atoms with Crippen LogP contribution in [0.1, 0.15) is 16.8 Å². The number of aromatic nitrogens is 2. The van der Waals surface area contributed by atoms with Gasteiger partial charge in [-0.3, -0.25) is 0 Å². The number of hydrogen-bond acceptors (Lipinski definition) is 4. The van der Waals surface area contributed by atoms with Crippen molar-refractivity contribution in [2.24, 2.45) is 0 Å². The minimum atomic E-state index is -4.35. The van der Waals surface area contributed by atoms with Crippen molar-refractivity contribution in [3.05, 3.63) is 71.4 Å². The lowest BCUT2D eigenvalue weighted by molar-refractivity contribution is -0.137. The van der Waals surface area contributed by atoms with Gasteiger partial charge in [-0.05, 0) is 49.2 Å². The first-order valence-corrected chi connectivity index (χ1v) is 8.55. The van der Waals surface area contributed by atoms with E-state index in [9.17, 15) is 13.2 Å². The van der Waals surface area contributed by atoms with E-state index < -0.39 is 11.7 Å². The Balaban J connectivity index is 1.60. The van der Waals surface area contributed by atoms with Gasteiger partial charge in [-0.1, -0.05) is 18.2 Å². The van der Waals surface area contributed by atoms with Crippen molar-refractivity contribution in [2.75, 3.05) is 16.8 Å². The maximum Gasteiger partial charge on any atom is 0.416 e. The molecule has 4 rings (SSSR count). The van der Waals surface area contributed by atoms with E-state index >= 15 is 0 Å². The zero-order valence-electron chi connectivity index (χ0n) is 14.6. The fourth-order valence-corrected chi connectivity index (χ4v) is 3.19. The molecule has 0 saturated heterocycles. The maximum absolute atomic E-state index is 12.7. The Bertz CT molecular complexity index is 968. The molecular weight excluding hydrogens is 353 g/mol. The minimum absolute atomic E-state index is 0.356. The van der Waals surface area contributed by atoms with Gasteiger partial charge in [-0.25, -0.2) is 4.98 Å². The number of aryl methyl sites for hydroxylation is 1. The van der Waals surface area contributed by atoms with Crippen LogP contribution in [0, 0.1) is 6.92 Å². The summed E-state index contributed by atoms with van der Waals surface area (Å²) in [6, 6.07) is 14.9. The molecule has 3 aromatic rings. The first kappa shape index (κ1) is 17.3. The van der Waals surface area contributed by atoms with Crippen molar-refractivity contribution in [1.29, 1.82) is 0 Å². The molecule has 0 bridgehead atoms. The second-order valence-electron chi connectivity index (χ2n) is 6.42. The molecule has 0 spiro atoms. The smallest absolute Gasteiger partial charge is 0.326 e. The molecule has 0 saturated carbocycles. The summed E-state index contributed by atoms with van der Waals surface area (Å²) in [5.41, 5.74) is 2.98. The van der Waals surface area contributed by atoms with Crippen LogP contribution in [0.4, 0.5) is 36.3 Å². The summed E-state index contributed by atoms with van der Waals surface area (Å²) in [4.78, 5) is 11.0. The first-order chi connectivity index (χ1) is 12.9. The molecular formula is C20H17F3N4. The number of halogens is 3. The largest absolute Gasteiger partial charge is 0.416 e. The molecule has 27 heavy (non-hydrogen) atoms. The fourth-order valence-electron chi connectivity index (χ4n) is 3.19. The highest BCUT2D eigenvalue weighted by Crippen LogP contribution is 2.34. The lowest BCUT2D eigenvalue weighted by Gasteiger charge is -2.19. The van der Waals surface area contributed by atoms with E-state index in [1.165, 1.54) is 17.7 Å². The summed E-state index contributed by atoms with van der Waals surface area (Å²) in [6.45, 7) is 2.70. The molecule has 1 aromatic heterocycles. The average molecular weight is 370 g/mol. The van der Waals surface area contributed by atoms with Crippen LogP contribution in [0.5, 0.6) is 0 Å². The number of nitrogens with zero attached hydrogens (tertiary/aromatic N) is 3. The Hall–Kier alpha value is -3.09. The van der Waals surface area contributed by atoms with E-state index in [1.54, 1.807) is 0 Å². The second kappa shape index (κ2) is 6.57. The summed E-state index contributed by atoms with van der Waals surface area (Å²) in [6.07, 6.45) is -3.41. The van der Waals surface area contributed by atoms with Gasteiger partial charge in [0, 0.05) is 29.7 Å². The number of fused-ring (bicyclic) bond motifs is 1. The third-order valence-corrected chi connectivity index (χ3v) is 4.47. The third kappa shape index (κ3) is 3.58. The van der Waals surface area contributed by atoms with Crippen LogP contribution in [0.2, 0.25) is 0 Å². The van der Waals surface area contributed by atoms with Crippen molar-refractivity contribution in [2.45, 2.75) is 19.5 Å². The molecule has 0 fully saturated rings. The van der Waals surface area contributed by atoms with Crippen LogP contribution in [0.25, 0.3) is 0 Å². The van der Waals surface area contributed by atoms with Gasteiger partial charge in [0.05, 0.1) is 5.56 Å². The van der Waals surface area contributed by atoms with E-state index in [0.717, 1.165) is 42.3 Å². The molecule has 0 atom stereocenters. The molecule has 0 amide bonds. The van der Waals surface area contributed by atoms with Gasteiger partial charge in [0.1, 0.15) is 5.82 Å². The number of para-hydroxylation sites is 1. The lowest BCUT2D eigenvalue weighted by Crippen LogP contribution is -2.16. The summed E-state index contributed by atoms with van der Waals surface area (Å²) in [5, 5.41) is 2.99. The van der Waals surface area contributed by atoms with Gasteiger partial charge in [0.25, 0.3) is 0 Å². The zero-order chi connectivity index (χ0) is 19.0. The molecule has 2 heterocycles. The van der Waals surface area contributed by atoms with Gasteiger partial charge in [0.15, 0.2) is 0 Å². The van der Waals surface area contributed by atoms with Crippen LogP contribution in [-0.4, -0.2) is 16.5 Å². The van der Waals surface area contributed by atoms with E-state index in [4.69, 9.17) is 0 Å². The highest BCUT2D eigenvalue weighted by Gasteiger charge is 2.30. The highest BCUT2D eigenvalue weighted by atomic mass is 19.4. The van der Waals surface area contributed by atoms with Crippen molar-refractivity contribution in [3.8, 4) is 0 Å². The van der Waals surface area contributed by atoms with Crippen LogP contribution in [-0.2, 0) is 12.6 Å². The quantitative estimate of drug-likeness (QED) is 0.684. The number of rotatable bonds is 3. The number of hydrogen-bond donors (Lipinski definition) is 1. The normalized spacial score (nSPS) is 13.6. The zero-order valence-corrected chi connectivity index (χ0v) is 14.6. The van der Waals surface area contributed by atoms with Crippen molar-refractivity contribution >= 4 is 23.1 Å². The monoisotopic (exact) mass is 370 g/mol. The maximum atomic E-state index is 12.7. The summed E-state index contributed by atoms with van der Waals surface area (Å²) < 4.78 is 38.1. The van der Waals surface area contributed by atoms with Crippen LogP contribution in [0.3, 0.4) is 0 Å². The van der Waals surface area contributed by atoms with Gasteiger partial charge < -0.3 is 10.2 Å². The minimum Gasteiger partial charge on any atom is -0.326 e. The van der Waals surface area contributed by atoms with Gasteiger partial charge in [-0.2, -0.15) is 18.2 Å². The number of anilines is 4. The van der Waals surface area contributed by atoms with Crippen molar-refractivity contribution in [1.82, 2.24) is 9.97 Å². The van der Waals surface area contributed by atoms with E-state index in [1.807, 2.05) is 25.1 Å². The molecule has 138 valence electrons. The van der Waals surface area contributed by atoms with E-state index in [-0.39, 0.29) is 0 Å². The fraction of sp³-hybridized carbons (Fsp3) is 0.200. The molecule has 0 aliphatic carbocycles. The second-order valence-corrected chi connectivity index (χ2v) is 6.42. The Morgan fingerprint density at radius 3 is 2.48 bits per heavy atom. The van der Waals surface area contributed by atoms with Crippen LogP contribution in [0.15, 0.2) is 54.6 Å². The summed E-state index contributed by atoms with van der Waals surface area (Å²) in [7, 11) is 0. The van der Waals surface area contributed by atoms with Crippen molar-refractivity contribution < 1.29 is 13.2 Å². The third-order valence-electron chi connectivity index (χ3n) is 4.47. The lowest BCUT2D eigenvalue weighted by atomic mass is 10.2. The first-order valence-electron chi connectivity index (χ1n) is 8.55. The topological polar surface area (TPSA) is 41.1 Å². The average Bonchev–Trinajstić information content (AvgIpc) is 3.05. The number of benzene rings is 2. The molecule has 1 aliphatic rings. The Morgan fingerprint density at radius 1 is 1.00 bits per heavy atom. The van der Waals surface area contributed by atoms with E-state index in [0.29, 0.717) is 11.6 Å². The molecule has 7 heteroatoms. The SMILES string of the molecule is Cc1cc(N2CCc3ccccc32)nc(Nc2ccc(C(F)(F)F)cc2)n1. The molecule has 4 nitrogen and oxygen atoms in total. The van der Waals surface area contributed by atoms with Crippen LogP contribution >= 0.6 is 0 Å². The van der Waals surface area contributed by atoms with Gasteiger partial charge in [-0.15, -0.1) is 0 Å². The Morgan fingerprint density at radius 2 is 1.74 bits per heavy atom. The molecule has 1 aliphatic heterocycles. The summed E-state index contributed by atoms with van der Waals surface area (Å²) >= 11 is 0. The number of alkyl halides is 3. The van der Waals surface area contributed by atoms with Crippen LogP contribution < -0.4 is 10.2 Å². The standard InChI is InChI=1S/C20H17F3N4/c1-13-12-18(27-11-10-14-4-2-3-5-17(14)27)26-19(24-13)25-16-8-6-15(7-9-16)20(21,22)23/h2-9,12H,10-11H2,1H3,(H,24,25,26).